The Hall–Kier alpha value is -2.95. The van der Waals surface area contributed by atoms with Gasteiger partial charge in [-0.25, -0.2) is 0 Å². The van der Waals surface area contributed by atoms with Crippen molar-refractivity contribution < 1.29 is 14.3 Å². The first kappa shape index (κ1) is 20.3. The summed E-state index contributed by atoms with van der Waals surface area (Å²) in [6, 6.07) is 14.3. The van der Waals surface area contributed by atoms with Gasteiger partial charge in [-0.2, -0.15) is 0 Å². The van der Waals surface area contributed by atoms with Crippen molar-refractivity contribution in [2.45, 2.75) is 38.5 Å². The number of aromatic amines is 1. The molecule has 0 unspecified atom stereocenters. The standard InChI is InChI=1S/C25H30N2O3/c1-3-30-23-13-12-18(14-24(23)29-2)20(15-27-25(28)17-8-4-5-9-17)21-16-26-22-11-7-6-10-19(21)22/h6-7,10-14,16-17,20,26H,3-5,8-9,15H2,1-2H3,(H,27,28)/t20-/m0/s1. The number of benzene rings is 2. The molecule has 4 rings (SSSR count). The molecule has 0 radical (unpaired) electrons. The number of rotatable bonds is 8. The first-order chi connectivity index (χ1) is 14.7. The lowest BCUT2D eigenvalue weighted by atomic mass is 9.90. The van der Waals surface area contributed by atoms with Gasteiger partial charge in [0.15, 0.2) is 11.5 Å². The number of ether oxygens (including phenoxy) is 2. The lowest BCUT2D eigenvalue weighted by molar-refractivity contribution is -0.124. The van der Waals surface area contributed by atoms with Crippen LogP contribution in [0.15, 0.2) is 48.7 Å². The van der Waals surface area contributed by atoms with Crippen molar-refractivity contribution in [1.29, 1.82) is 0 Å². The monoisotopic (exact) mass is 406 g/mol. The zero-order valence-corrected chi connectivity index (χ0v) is 17.7. The van der Waals surface area contributed by atoms with Crippen molar-refractivity contribution in [3.63, 3.8) is 0 Å². The highest BCUT2D eigenvalue weighted by molar-refractivity contribution is 5.84. The van der Waals surface area contributed by atoms with Crippen LogP contribution in [0.3, 0.4) is 0 Å². The molecule has 1 amide bonds. The zero-order chi connectivity index (χ0) is 20.9. The summed E-state index contributed by atoms with van der Waals surface area (Å²) in [6.45, 7) is 3.09. The van der Waals surface area contributed by atoms with E-state index in [1.54, 1.807) is 7.11 Å². The van der Waals surface area contributed by atoms with Crippen molar-refractivity contribution in [3.8, 4) is 11.5 Å². The summed E-state index contributed by atoms with van der Waals surface area (Å²) in [4.78, 5) is 16.1. The zero-order valence-electron chi connectivity index (χ0n) is 17.7. The van der Waals surface area contributed by atoms with E-state index in [0.717, 1.165) is 42.5 Å². The number of carbonyl (C=O) groups excluding carboxylic acids is 1. The van der Waals surface area contributed by atoms with Gasteiger partial charge in [0.2, 0.25) is 5.91 Å². The second kappa shape index (κ2) is 9.24. The number of H-pyrrole nitrogens is 1. The van der Waals surface area contributed by atoms with E-state index < -0.39 is 0 Å². The van der Waals surface area contributed by atoms with Crippen molar-refractivity contribution in [3.05, 3.63) is 59.8 Å². The van der Waals surface area contributed by atoms with Gasteiger partial charge in [-0.3, -0.25) is 4.79 Å². The number of amides is 1. The van der Waals surface area contributed by atoms with Crippen LogP contribution in [0.25, 0.3) is 10.9 Å². The van der Waals surface area contributed by atoms with Gasteiger partial charge < -0.3 is 19.8 Å². The van der Waals surface area contributed by atoms with Gasteiger partial charge >= 0.3 is 0 Å². The summed E-state index contributed by atoms with van der Waals surface area (Å²) in [5, 5.41) is 4.40. The molecule has 0 saturated heterocycles. The summed E-state index contributed by atoms with van der Waals surface area (Å²) < 4.78 is 11.3. The average Bonchev–Trinajstić information content (AvgIpc) is 3.45. The second-order valence-electron chi connectivity index (χ2n) is 7.91. The van der Waals surface area contributed by atoms with E-state index in [0.29, 0.717) is 18.9 Å². The molecule has 1 aliphatic carbocycles. The third-order valence-corrected chi connectivity index (χ3v) is 6.09. The van der Waals surface area contributed by atoms with Gasteiger partial charge in [-0.1, -0.05) is 37.1 Å². The third-order valence-electron chi connectivity index (χ3n) is 6.09. The molecule has 1 aliphatic rings. The molecule has 30 heavy (non-hydrogen) atoms. The van der Waals surface area contributed by atoms with Crippen molar-refractivity contribution in [2.75, 3.05) is 20.3 Å². The van der Waals surface area contributed by atoms with Crippen LogP contribution in [0.2, 0.25) is 0 Å². The molecular formula is C25H30N2O3. The molecule has 5 heteroatoms. The Morgan fingerprint density at radius 1 is 1.17 bits per heavy atom. The van der Waals surface area contributed by atoms with E-state index in [1.165, 1.54) is 10.9 Å². The Labute approximate surface area is 177 Å². The summed E-state index contributed by atoms with van der Waals surface area (Å²) in [5.41, 5.74) is 3.35. The maximum absolute atomic E-state index is 12.7. The van der Waals surface area contributed by atoms with Crippen molar-refractivity contribution >= 4 is 16.8 Å². The number of fused-ring (bicyclic) bond motifs is 1. The van der Waals surface area contributed by atoms with E-state index in [9.17, 15) is 4.79 Å². The maximum atomic E-state index is 12.7. The van der Waals surface area contributed by atoms with Gasteiger partial charge in [0, 0.05) is 35.5 Å². The molecular weight excluding hydrogens is 376 g/mol. The number of nitrogens with one attached hydrogen (secondary N) is 2. The maximum Gasteiger partial charge on any atom is 0.223 e. The minimum Gasteiger partial charge on any atom is -0.493 e. The van der Waals surface area contributed by atoms with E-state index >= 15 is 0 Å². The van der Waals surface area contributed by atoms with Gasteiger partial charge in [-0.15, -0.1) is 0 Å². The van der Waals surface area contributed by atoms with E-state index in [4.69, 9.17) is 9.47 Å². The Balaban J connectivity index is 1.67. The first-order valence-corrected chi connectivity index (χ1v) is 10.9. The van der Waals surface area contributed by atoms with Gasteiger partial charge in [0.25, 0.3) is 0 Å². The lowest BCUT2D eigenvalue weighted by Gasteiger charge is -2.21. The molecule has 1 atom stereocenters. The van der Waals surface area contributed by atoms with Crippen LogP contribution in [-0.2, 0) is 4.79 Å². The number of para-hydroxylation sites is 1. The van der Waals surface area contributed by atoms with Crippen LogP contribution in [0.4, 0.5) is 0 Å². The van der Waals surface area contributed by atoms with Crippen molar-refractivity contribution in [2.24, 2.45) is 5.92 Å². The predicted molar refractivity (Wildman–Crippen MR) is 119 cm³/mol. The SMILES string of the molecule is CCOc1ccc([C@H](CNC(=O)C2CCCC2)c2c[nH]c3ccccc23)cc1OC. The molecule has 1 fully saturated rings. The predicted octanol–water partition coefficient (Wildman–Crippen LogP) is 5.01. The first-order valence-electron chi connectivity index (χ1n) is 10.9. The highest BCUT2D eigenvalue weighted by Gasteiger charge is 2.25. The number of hydrogen-bond donors (Lipinski definition) is 2. The minimum absolute atomic E-state index is 0.0103. The largest absolute Gasteiger partial charge is 0.493 e. The Morgan fingerprint density at radius 3 is 2.73 bits per heavy atom. The fourth-order valence-corrected chi connectivity index (χ4v) is 4.50. The highest BCUT2D eigenvalue weighted by Crippen LogP contribution is 2.36. The molecule has 2 aromatic carbocycles. The Morgan fingerprint density at radius 2 is 1.97 bits per heavy atom. The van der Waals surface area contributed by atoms with Crippen LogP contribution in [0, 0.1) is 5.92 Å². The molecule has 1 heterocycles. The van der Waals surface area contributed by atoms with E-state index in [2.05, 4.69) is 34.7 Å². The lowest BCUT2D eigenvalue weighted by Crippen LogP contribution is -2.33. The summed E-state index contributed by atoms with van der Waals surface area (Å²) in [5.74, 6) is 1.78. The molecule has 158 valence electrons. The molecule has 0 bridgehead atoms. The second-order valence-corrected chi connectivity index (χ2v) is 7.91. The van der Waals surface area contributed by atoms with Crippen LogP contribution >= 0.6 is 0 Å². The summed E-state index contributed by atoms with van der Waals surface area (Å²) >= 11 is 0. The fourth-order valence-electron chi connectivity index (χ4n) is 4.50. The fraction of sp³-hybridized carbons (Fsp3) is 0.400. The number of methoxy groups -OCH3 is 1. The minimum atomic E-state index is 0.0103. The van der Waals surface area contributed by atoms with E-state index in [1.807, 2.05) is 31.2 Å². The van der Waals surface area contributed by atoms with Gasteiger partial charge in [0.05, 0.1) is 13.7 Å². The summed E-state index contributed by atoms with van der Waals surface area (Å²) in [7, 11) is 1.66. The third kappa shape index (κ3) is 4.16. The molecule has 0 spiro atoms. The molecule has 2 N–H and O–H groups in total. The molecule has 1 saturated carbocycles. The Bertz CT molecular complexity index is 1000. The topological polar surface area (TPSA) is 63.3 Å². The molecule has 0 aliphatic heterocycles. The number of hydrogen-bond acceptors (Lipinski definition) is 3. The molecule has 5 nitrogen and oxygen atoms in total. The Kier molecular flexibility index (Phi) is 6.26. The van der Waals surface area contributed by atoms with Crippen LogP contribution in [0.5, 0.6) is 11.5 Å². The van der Waals surface area contributed by atoms with Gasteiger partial charge in [0.1, 0.15) is 0 Å². The highest BCUT2D eigenvalue weighted by atomic mass is 16.5. The van der Waals surface area contributed by atoms with E-state index in [-0.39, 0.29) is 17.7 Å². The van der Waals surface area contributed by atoms with Crippen LogP contribution < -0.4 is 14.8 Å². The number of carbonyl (C=O) groups is 1. The van der Waals surface area contributed by atoms with Crippen LogP contribution in [-0.4, -0.2) is 31.2 Å². The number of aromatic nitrogens is 1. The normalized spacial score (nSPS) is 15.3. The average molecular weight is 407 g/mol. The van der Waals surface area contributed by atoms with Crippen LogP contribution in [0.1, 0.15) is 49.7 Å². The van der Waals surface area contributed by atoms with Crippen molar-refractivity contribution in [1.82, 2.24) is 10.3 Å². The molecule has 3 aromatic rings. The summed E-state index contributed by atoms with van der Waals surface area (Å²) in [6.07, 6.45) is 6.36. The smallest absolute Gasteiger partial charge is 0.223 e. The van der Waals surface area contributed by atoms with Gasteiger partial charge in [-0.05, 0) is 49.1 Å². The molecule has 1 aromatic heterocycles. The quantitative estimate of drug-likeness (QED) is 0.552.